The molecule has 100 valence electrons. The lowest BCUT2D eigenvalue weighted by Gasteiger charge is -2.18. The number of halogens is 1. The van der Waals surface area contributed by atoms with E-state index < -0.39 is 0 Å². The Labute approximate surface area is 122 Å². The summed E-state index contributed by atoms with van der Waals surface area (Å²) in [4.78, 5) is 1.52. The average Bonchev–Trinajstić information content (AvgIpc) is 2.98. The molecule has 0 aliphatic heterocycles. The van der Waals surface area contributed by atoms with E-state index in [1.807, 2.05) is 11.3 Å². The van der Waals surface area contributed by atoms with E-state index in [-0.39, 0.29) is 0 Å². The topological polar surface area (TPSA) is 12.0 Å². The fourth-order valence-corrected chi connectivity index (χ4v) is 5.50. The Hall–Kier alpha value is 0.140. The molecule has 1 aromatic heterocycles. The molecule has 0 bridgehead atoms. The van der Waals surface area contributed by atoms with Gasteiger partial charge in [0.05, 0.1) is 0 Å². The molecule has 3 atom stereocenters. The highest BCUT2D eigenvalue weighted by atomic mass is 79.9. The fraction of sp³-hybridized carbons (Fsp3) is 0.733. The van der Waals surface area contributed by atoms with Crippen LogP contribution in [0.3, 0.4) is 0 Å². The maximum Gasteiger partial charge on any atom is 0.0314 e. The zero-order valence-corrected chi connectivity index (χ0v) is 13.4. The third-order valence-electron chi connectivity index (χ3n) is 4.75. The van der Waals surface area contributed by atoms with Crippen LogP contribution in [0.4, 0.5) is 0 Å². The zero-order valence-electron chi connectivity index (χ0n) is 11.0. The van der Waals surface area contributed by atoms with Gasteiger partial charge in [0.25, 0.3) is 0 Å². The van der Waals surface area contributed by atoms with Gasteiger partial charge in [-0.15, -0.1) is 11.3 Å². The van der Waals surface area contributed by atoms with Gasteiger partial charge in [-0.05, 0) is 70.9 Å². The molecule has 0 amide bonds. The van der Waals surface area contributed by atoms with E-state index >= 15 is 0 Å². The van der Waals surface area contributed by atoms with Crippen LogP contribution in [0, 0.1) is 17.8 Å². The van der Waals surface area contributed by atoms with Crippen molar-refractivity contribution in [1.82, 2.24) is 5.32 Å². The Morgan fingerprint density at radius 3 is 2.67 bits per heavy atom. The van der Waals surface area contributed by atoms with Crippen molar-refractivity contribution in [2.45, 2.75) is 45.1 Å². The number of fused-ring (bicyclic) bond motifs is 1. The molecule has 3 rings (SSSR count). The van der Waals surface area contributed by atoms with Gasteiger partial charge in [-0.25, -0.2) is 0 Å². The second kappa shape index (κ2) is 5.64. The molecule has 0 spiro atoms. The van der Waals surface area contributed by atoms with E-state index in [0.717, 1.165) is 24.3 Å². The molecule has 2 aliphatic carbocycles. The molecule has 1 aromatic rings. The maximum absolute atomic E-state index is 3.75. The van der Waals surface area contributed by atoms with Crippen LogP contribution in [0.1, 0.15) is 37.5 Å². The first kappa shape index (κ1) is 13.1. The van der Waals surface area contributed by atoms with Crippen LogP contribution >= 0.6 is 27.3 Å². The largest absolute Gasteiger partial charge is 0.314 e. The number of likely N-dealkylation sites (N-methyl/N-ethyl adjacent to an activating group) is 1. The molecule has 3 unspecified atom stereocenters. The predicted molar refractivity (Wildman–Crippen MR) is 82.1 cm³/mol. The highest BCUT2D eigenvalue weighted by molar-refractivity contribution is 9.10. The average molecular weight is 328 g/mol. The van der Waals surface area contributed by atoms with Gasteiger partial charge in [-0.2, -0.15) is 0 Å². The van der Waals surface area contributed by atoms with E-state index in [1.54, 1.807) is 0 Å². The van der Waals surface area contributed by atoms with Crippen molar-refractivity contribution in [2.75, 3.05) is 6.54 Å². The summed E-state index contributed by atoms with van der Waals surface area (Å²) in [7, 11) is 0. The van der Waals surface area contributed by atoms with Crippen molar-refractivity contribution in [1.29, 1.82) is 0 Å². The first-order valence-electron chi connectivity index (χ1n) is 7.26. The second-order valence-electron chi connectivity index (χ2n) is 5.75. The molecule has 0 saturated heterocycles. The monoisotopic (exact) mass is 327 g/mol. The third-order valence-corrected chi connectivity index (χ3v) is 6.70. The Bertz CT molecular complexity index is 391. The number of hydrogen-bond acceptors (Lipinski definition) is 2. The number of hydrogen-bond donors (Lipinski definition) is 1. The lowest BCUT2D eigenvalue weighted by molar-refractivity contribution is 0.439. The minimum absolute atomic E-state index is 0.707. The molecule has 1 nitrogen and oxygen atoms in total. The van der Waals surface area contributed by atoms with Crippen molar-refractivity contribution in [3.05, 3.63) is 20.8 Å². The van der Waals surface area contributed by atoms with Crippen LogP contribution in [0.15, 0.2) is 15.9 Å². The summed E-state index contributed by atoms with van der Waals surface area (Å²) in [6.45, 7) is 3.34. The van der Waals surface area contributed by atoms with Gasteiger partial charge in [-0.3, -0.25) is 0 Å². The first-order chi connectivity index (χ1) is 8.81. The van der Waals surface area contributed by atoms with Crippen LogP contribution in [0.5, 0.6) is 0 Å². The van der Waals surface area contributed by atoms with E-state index in [1.165, 1.54) is 41.5 Å². The summed E-state index contributed by atoms with van der Waals surface area (Å²) in [6, 6.07) is 2.89. The summed E-state index contributed by atoms with van der Waals surface area (Å²) < 4.78 is 1.30. The molecule has 1 N–H and O–H groups in total. The van der Waals surface area contributed by atoms with Gasteiger partial charge < -0.3 is 5.32 Å². The van der Waals surface area contributed by atoms with Crippen molar-refractivity contribution in [2.24, 2.45) is 17.8 Å². The highest BCUT2D eigenvalue weighted by Gasteiger charge is 2.53. The van der Waals surface area contributed by atoms with Crippen LogP contribution in [-0.2, 0) is 6.42 Å². The summed E-state index contributed by atoms with van der Waals surface area (Å²) in [5.41, 5.74) is 0. The number of thiophene rings is 1. The standard InChI is InChI=1S/C15H22BrNS/c1-2-17-13(9-14-12(16)7-8-18-14)15-10-5-3-4-6-11(10)15/h7-8,10-11,13,15,17H,2-6,9H2,1H3. The summed E-state index contributed by atoms with van der Waals surface area (Å²) in [5.74, 6) is 3.05. The van der Waals surface area contributed by atoms with Gasteiger partial charge in [0.1, 0.15) is 0 Å². The van der Waals surface area contributed by atoms with Crippen LogP contribution < -0.4 is 5.32 Å². The number of nitrogens with one attached hydrogen (secondary N) is 1. The molecule has 0 aromatic carbocycles. The van der Waals surface area contributed by atoms with E-state index in [0.29, 0.717) is 6.04 Å². The van der Waals surface area contributed by atoms with Crippen molar-refractivity contribution < 1.29 is 0 Å². The van der Waals surface area contributed by atoms with Crippen LogP contribution in [-0.4, -0.2) is 12.6 Å². The predicted octanol–water partition coefficient (Wildman–Crippen LogP) is 4.47. The van der Waals surface area contributed by atoms with Crippen LogP contribution in [0.25, 0.3) is 0 Å². The SMILES string of the molecule is CCNC(Cc1sccc1Br)C1C2CCCCC21. The summed E-state index contributed by atoms with van der Waals surface area (Å²) >= 11 is 5.57. The second-order valence-corrected chi connectivity index (χ2v) is 7.60. The molecular weight excluding hydrogens is 306 g/mol. The molecule has 18 heavy (non-hydrogen) atoms. The summed E-state index contributed by atoms with van der Waals surface area (Å²) in [6.07, 6.45) is 7.13. The Kier molecular flexibility index (Phi) is 4.12. The van der Waals surface area contributed by atoms with Crippen molar-refractivity contribution in [3.8, 4) is 0 Å². The Balaban J connectivity index is 1.67. The van der Waals surface area contributed by atoms with E-state index in [9.17, 15) is 0 Å². The molecule has 2 aliphatic rings. The Morgan fingerprint density at radius 1 is 1.39 bits per heavy atom. The summed E-state index contributed by atoms with van der Waals surface area (Å²) in [5, 5.41) is 5.95. The number of rotatable bonds is 5. The van der Waals surface area contributed by atoms with Gasteiger partial charge in [-0.1, -0.05) is 19.8 Å². The van der Waals surface area contributed by atoms with Gasteiger partial charge in [0, 0.05) is 15.4 Å². The van der Waals surface area contributed by atoms with Gasteiger partial charge in [0.2, 0.25) is 0 Å². The quantitative estimate of drug-likeness (QED) is 0.841. The van der Waals surface area contributed by atoms with Gasteiger partial charge >= 0.3 is 0 Å². The lowest BCUT2D eigenvalue weighted by Crippen LogP contribution is -2.34. The zero-order chi connectivity index (χ0) is 12.5. The van der Waals surface area contributed by atoms with E-state index in [2.05, 4.69) is 39.6 Å². The third kappa shape index (κ3) is 2.54. The van der Waals surface area contributed by atoms with Crippen LogP contribution in [0.2, 0.25) is 0 Å². The Morgan fingerprint density at radius 2 is 2.11 bits per heavy atom. The molecule has 2 fully saturated rings. The van der Waals surface area contributed by atoms with Crippen molar-refractivity contribution >= 4 is 27.3 Å². The highest BCUT2D eigenvalue weighted by Crippen LogP contribution is 2.57. The molecule has 2 saturated carbocycles. The fourth-order valence-electron chi connectivity index (χ4n) is 3.92. The minimum atomic E-state index is 0.707. The molecular formula is C15H22BrNS. The minimum Gasteiger partial charge on any atom is -0.314 e. The molecule has 1 heterocycles. The molecule has 3 heteroatoms. The lowest BCUT2D eigenvalue weighted by atomic mass is 10.0. The molecule has 0 radical (unpaired) electrons. The first-order valence-corrected chi connectivity index (χ1v) is 8.93. The smallest absolute Gasteiger partial charge is 0.0314 e. The van der Waals surface area contributed by atoms with Crippen molar-refractivity contribution in [3.63, 3.8) is 0 Å². The van der Waals surface area contributed by atoms with E-state index in [4.69, 9.17) is 0 Å². The maximum atomic E-state index is 3.75. The normalized spacial score (nSPS) is 32.0. The van der Waals surface area contributed by atoms with Gasteiger partial charge in [0.15, 0.2) is 0 Å².